The van der Waals surface area contributed by atoms with E-state index >= 15 is 0 Å². The molecule has 0 bridgehead atoms. The summed E-state index contributed by atoms with van der Waals surface area (Å²) in [4.78, 5) is 15.1. The molecule has 3 fully saturated rings. The fourth-order valence-electron chi connectivity index (χ4n) is 3.85. The fourth-order valence-corrected chi connectivity index (χ4v) is 3.85. The summed E-state index contributed by atoms with van der Waals surface area (Å²) in [6.45, 7) is 2.75. The summed E-state index contributed by atoms with van der Waals surface area (Å²) in [6.07, 6.45) is 4.15. The Bertz CT molecular complexity index is 351. The van der Waals surface area contributed by atoms with Crippen LogP contribution in [0.5, 0.6) is 0 Å². The number of hydrogen-bond acceptors (Lipinski definition) is 4. The van der Waals surface area contributed by atoms with E-state index in [1.807, 2.05) is 4.90 Å². The number of amides is 1. The molecule has 1 aliphatic carbocycles. The van der Waals surface area contributed by atoms with Crippen molar-refractivity contribution in [2.24, 2.45) is 11.3 Å². The summed E-state index contributed by atoms with van der Waals surface area (Å²) >= 11 is 0. The maximum Gasteiger partial charge on any atom is 0.229 e. The van der Waals surface area contributed by atoms with Crippen molar-refractivity contribution < 1.29 is 19.0 Å². The van der Waals surface area contributed by atoms with E-state index in [-0.39, 0.29) is 17.6 Å². The predicted molar refractivity (Wildman–Crippen MR) is 73.4 cm³/mol. The van der Waals surface area contributed by atoms with Gasteiger partial charge in [0.05, 0.1) is 5.41 Å². The topological polar surface area (TPSA) is 48.0 Å². The Labute approximate surface area is 120 Å². The Hall–Kier alpha value is -0.650. The van der Waals surface area contributed by atoms with Gasteiger partial charge in [0.1, 0.15) is 12.2 Å². The second kappa shape index (κ2) is 5.62. The van der Waals surface area contributed by atoms with Crippen LogP contribution >= 0.6 is 0 Å². The molecule has 0 spiro atoms. The number of carbonyl (C=O) groups excluding carboxylic acids is 1. The number of methoxy groups -OCH3 is 2. The largest absolute Gasteiger partial charge is 0.381 e. The highest BCUT2D eigenvalue weighted by molar-refractivity contribution is 5.84. The van der Waals surface area contributed by atoms with Crippen molar-refractivity contribution in [2.75, 3.05) is 40.5 Å². The summed E-state index contributed by atoms with van der Waals surface area (Å²) in [5, 5.41) is 0. The first-order valence-corrected chi connectivity index (χ1v) is 7.64. The van der Waals surface area contributed by atoms with Gasteiger partial charge in [0.25, 0.3) is 0 Å². The summed E-state index contributed by atoms with van der Waals surface area (Å²) in [5.74, 6) is 0.881. The summed E-state index contributed by atoms with van der Waals surface area (Å²) in [5.41, 5.74) is -0.167. The van der Waals surface area contributed by atoms with Crippen LogP contribution in [-0.4, -0.2) is 63.5 Å². The van der Waals surface area contributed by atoms with Gasteiger partial charge in [-0.1, -0.05) is 0 Å². The van der Waals surface area contributed by atoms with E-state index in [0.717, 1.165) is 26.1 Å². The number of ether oxygens (including phenoxy) is 3. The van der Waals surface area contributed by atoms with Crippen LogP contribution in [0.2, 0.25) is 0 Å². The molecule has 1 saturated carbocycles. The molecule has 3 aliphatic rings. The van der Waals surface area contributed by atoms with Crippen LogP contribution < -0.4 is 0 Å². The van der Waals surface area contributed by atoms with E-state index in [2.05, 4.69) is 0 Å². The number of rotatable bonds is 4. The van der Waals surface area contributed by atoms with Crippen LogP contribution in [0.1, 0.15) is 25.7 Å². The van der Waals surface area contributed by atoms with Crippen molar-refractivity contribution >= 4 is 5.91 Å². The zero-order chi connectivity index (χ0) is 14.2. The highest BCUT2D eigenvalue weighted by Crippen LogP contribution is 2.52. The lowest BCUT2D eigenvalue weighted by atomic mass is 9.74. The number of carbonyl (C=O) groups is 1. The summed E-state index contributed by atoms with van der Waals surface area (Å²) in [6, 6.07) is 0. The normalized spacial score (nSPS) is 33.4. The third kappa shape index (κ3) is 2.36. The first-order valence-electron chi connectivity index (χ1n) is 7.64. The first-order chi connectivity index (χ1) is 9.71. The second-order valence-corrected chi connectivity index (χ2v) is 6.30. The monoisotopic (exact) mass is 283 g/mol. The highest BCUT2D eigenvalue weighted by atomic mass is 16.5. The van der Waals surface area contributed by atoms with Crippen LogP contribution in [0.4, 0.5) is 0 Å². The van der Waals surface area contributed by atoms with Crippen molar-refractivity contribution in [1.29, 1.82) is 0 Å². The fraction of sp³-hybridized carbons (Fsp3) is 0.933. The molecule has 2 aliphatic heterocycles. The van der Waals surface area contributed by atoms with Gasteiger partial charge in [0.15, 0.2) is 0 Å². The summed E-state index contributed by atoms with van der Waals surface area (Å²) < 4.78 is 16.4. The minimum atomic E-state index is -0.167. The molecular weight excluding hydrogens is 258 g/mol. The van der Waals surface area contributed by atoms with Crippen LogP contribution in [0.3, 0.4) is 0 Å². The smallest absolute Gasteiger partial charge is 0.229 e. The average molecular weight is 283 g/mol. The molecular formula is C15H25NO4. The zero-order valence-corrected chi connectivity index (χ0v) is 12.5. The molecule has 5 nitrogen and oxygen atoms in total. The number of likely N-dealkylation sites (tertiary alicyclic amines) is 1. The molecule has 2 saturated heterocycles. The van der Waals surface area contributed by atoms with Gasteiger partial charge >= 0.3 is 0 Å². The molecule has 0 aromatic rings. The van der Waals surface area contributed by atoms with Crippen molar-refractivity contribution in [3.63, 3.8) is 0 Å². The lowest BCUT2D eigenvalue weighted by Crippen LogP contribution is -2.48. The van der Waals surface area contributed by atoms with Crippen molar-refractivity contribution in [3.8, 4) is 0 Å². The lowest BCUT2D eigenvalue weighted by molar-refractivity contribution is -0.149. The lowest BCUT2D eigenvalue weighted by Gasteiger charge is -2.39. The maximum atomic E-state index is 13.1. The second-order valence-electron chi connectivity index (χ2n) is 6.30. The molecule has 3 rings (SSSR count). The first kappa shape index (κ1) is 14.3. The molecule has 114 valence electrons. The number of hydrogen-bond donors (Lipinski definition) is 0. The van der Waals surface area contributed by atoms with Crippen LogP contribution in [0.25, 0.3) is 0 Å². The predicted octanol–water partition coefficient (Wildman–Crippen LogP) is 1.07. The quantitative estimate of drug-likeness (QED) is 0.774. The Kier molecular flexibility index (Phi) is 4.02. The van der Waals surface area contributed by atoms with E-state index < -0.39 is 0 Å². The average Bonchev–Trinajstić information content (AvgIpc) is 3.27. The van der Waals surface area contributed by atoms with Gasteiger partial charge in [-0.3, -0.25) is 4.79 Å². The molecule has 2 heterocycles. The Morgan fingerprint density at radius 2 is 1.65 bits per heavy atom. The minimum absolute atomic E-state index is 0.0000404. The van der Waals surface area contributed by atoms with Gasteiger partial charge in [-0.15, -0.1) is 0 Å². The molecule has 0 radical (unpaired) electrons. The van der Waals surface area contributed by atoms with Gasteiger partial charge < -0.3 is 19.1 Å². The number of nitrogens with zero attached hydrogens (tertiary/aromatic N) is 1. The SMILES string of the molecule is CO[C@H]1CN(C(=O)C2(C3CC3)CCOCC2)C[C@H]1OC. The van der Waals surface area contributed by atoms with Crippen LogP contribution in [0.15, 0.2) is 0 Å². The van der Waals surface area contributed by atoms with E-state index in [4.69, 9.17) is 14.2 Å². The Morgan fingerprint density at radius 3 is 2.10 bits per heavy atom. The van der Waals surface area contributed by atoms with Crippen molar-refractivity contribution in [3.05, 3.63) is 0 Å². The zero-order valence-electron chi connectivity index (χ0n) is 12.5. The van der Waals surface area contributed by atoms with Crippen molar-refractivity contribution in [2.45, 2.75) is 37.9 Å². The van der Waals surface area contributed by atoms with Gasteiger partial charge in [-0.25, -0.2) is 0 Å². The Morgan fingerprint density at radius 1 is 1.10 bits per heavy atom. The van der Waals surface area contributed by atoms with Crippen LogP contribution in [0, 0.1) is 11.3 Å². The molecule has 1 amide bonds. The van der Waals surface area contributed by atoms with E-state index in [0.29, 0.717) is 24.9 Å². The molecule has 0 N–H and O–H groups in total. The third-order valence-electron chi connectivity index (χ3n) is 5.28. The molecule has 5 heteroatoms. The van der Waals surface area contributed by atoms with Gasteiger partial charge in [0, 0.05) is 40.5 Å². The summed E-state index contributed by atoms with van der Waals surface area (Å²) in [7, 11) is 3.38. The van der Waals surface area contributed by atoms with Gasteiger partial charge in [0.2, 0.25) is 5.91 Å². The highest BCUT2D eigenvalue weighted by Gasteiger charge is 2.54. The molecule has 2 atom stereocenters. The molecule has 0 aromatic carbocycles. The van der Waals surface area contributed by atoms with Gasteiger partial charge in [-0.05, 0) is 31.6 Å². The molecule has 0 unspecified atom stereocenters. The Balaban J connectivity index is 1.74. The van der Waals surface area contributed by atoms with E-state index in [9.17, 15) is 4.79 Å². The standard InChI is InChI=1S/C15H25NO4/c1-18-12-9-16(10-13(12)19-2)14(17)15(11-3-4-11)5-7-20-8-6-15/h11-13H,3-10H2,1-2H3/t12-,13+. The minimum Gasteiger partial charge on any atom is -0.381 e. The maximum absolute atomic E-state index is 13.1. The molecule has 20 heavy (non-hydrogen) atoms. The molecule has 0 aromatic heterocycles. The van der Waals surface area contributed by atoms with E-state index in [1.165, 1.54) is 12.8 Å². The van der Waals surface area contributed by atoms with Crippen LogP contribution in [-0.2, 0) is 19.0 Å². The third-order valence-corrected chi connectivity index (χ3v) is 5.28. The van der Waals surface area contributed by atoms with E-state index in [1.54, 1.807) is 14.2 Å². The van der Waals surface area contributed by atoms with Crippen molar-refractivity contribution in [1.82, 2.24) is 4.90 Å². The van der Waals surface area contributed by atoms with Gasteiger partial charge in [-0.2, -0.15) is 0 Å².